The summed E-state index contributed by atoms with van der Waals surface area (Å²) < 4.78 is 9.83. The van der Waals surface area contributed by atoms with Crippen LogP contribution in [0.3, 0.4) is 0 Å². The van der Waals surface area contributed by atoms with E-state index in [1.165, 1.54) is 7.11 Å². The van der Waals surface area contributed by atoms with E-state index < -0.39 is 30.4 Å². The maximum atomic E-state index is 12.3. The van der Waals surface area contributed by atoms with E-state index >= 15 is 0 Å². The Kier molecular flexibility index (Phi) is 10.8. The van der Waals surface area contributed by atoms with Crippen LogP contribution in [0.25, 0.3) is 0 Å². The van der Waals surface area contributed by atoms with Crippen LogP contribution >= 0.6 is 23.4 Å². The minimum absolute atomic E-state index is 0.329. The third kappa shape index (κ3) is 8.55. The lowest BCUT2D eigenvalue weighted by Gasteiger charge is -2.17. The minimum Gasteiger partial charge on any atom is -0.454 e. The summed E-state index contributed by atoms with van der Waals surface area (Å²) in [7, 11) is 1.52. The van der Waals surface area contributed by atoms with Crippen molar-refractivity contribution in [1.29, 1.82) is 0 Å². The Labute approximate surface area is 162 Å². The first-order valence-electron chi connectivity index (χ1n) is 7.95. The molecule has 1 rings (SSSR count). The Balaban J connectivity index is 2.58. The molecule has 0 radical (unpaired) electrons. The summed E-state index contributed by atoms with van der Waals surface area (Å²) in [6.07, 6.45) is 2.29. The molecule has 0 saturated carbocycles. The summed E-state index contributed by atoms with van der Waals surface area (Å²) in [5.41, 5.74) is 0.383. The molecule has 0 bridgehead atoms. The van der Waals surface area contributed by atoms with Crippen molar-refractivity contribution in [3.63, 3.8) is 0 Å². The van der Waals surface area contributed by atoms with Crippen molar-refractivity contribution in [2.75, 3.05) is 38.9 Å². The largest absolute Gasteiger partial charge is 0.454 e. The van der Waals surface area contributed by atoms with E-state index in [-0.39, 0.29) is 0 Å². The molecule has 0 spiro atoms. The van der Waals surface area contributed by atoms with E-state index in [9.17, 15) is 14.4 Å². The van der Waals surface area contributed by atoms with Gasteiger partial charge < -0.3 is 20.1 Å². The van der Waals surface area contributed by atoms with E-state index in [4.69, 9.17) is 21.1 Å². The Morgan fingerprint density at radius 3 is 2.54 bits per heavy atom. The number of ether oxygens (including phenoxy) is 2. The Hall–Kier alpha value is -1.77. The van der Waals surface area contributed by atoms with Crippen molar-refractivity contribution in [3.05, 3.63) is 34.9 Å². The zero-order valence-electron chi connectivity index (χ0n) is 14.7. The van der Waals surface area contributed by atoms with Gasteiger partial charge >= 0.3 is 5.97 Å². The maximum Gasteiger partial charge on any atom is 0.329 e. The fourth-order valence-corrected chi connectivity index (χ4v) is 2.51. The van der Waals surface area contributed by atoms with Gasteiger partial charge in [-0.05, 0) is 42.7 Å². The normalized spacial score (nSPS) is 11.5. The number of esters is 1. The number of benzene rings is 1. The van der Waals surface area contributed by atoms with Gasteiger partial charge in [0, 0.05) is 24.2 Å². The van der Waals surface area contributed by atoms with Crippen LogP contribution in [-0.2, 0) is 19.1 Å². The molecule has 1 aromatic carbocycles. The molecule has 9 heteroatoms. The van der Waals surface area contributed by atoms with Crippen LogP contribution < -0.4 is 10.6 Å². The van der Waals surface area contributed by atoms with Gasteiger partial charge in [0.1, 0.15) is 6.04 Å². The summed E-state index contributed by atoms with van der Waals surface area (Å²) >= 11 is 7.34. The van der Waals surface area contributed by atoms with Gasteiger partial charge in [-0.2, -0.15) is 11.8 Å². The van der Waals surface area contributed by atoms with Gasteiger partial charge in [0.2, 0.25) is 0 Å². The SMILES string of the molecule is COCCNC(=O)COC(=O)[C@@H](CCSC)NC(=O)c1ccc(Cl)cc1. The number of thioether (sulfide) groups is 1. The summed E-state index contributed by atoms with van der Waals surface area (Å²) in [5.74, 6) is -0.832. The topological polar surface area (TPSA) is 93.7 Å². The molecular weight excluding hydrogens is 380 g/mol. The van der Waals surface area contributed by atoms with Gasteiger partial charge in [-0.15, -0.1) is 0 Å². The van der Waals surface area contributed by atoms with E-state index in [0.717, 1.165) is 0 Å². The van der Waals surface area contributed by atoms with Gasteiger partial charge in [0.15, 0.2) is 6.61 Å². The highest BCUT2D eigenvalue weighted by atomic mass is 35.5. The highest BCUT2D eigenvalue weighted by molar-refractivity contribution is 7.98. The monoisotopic (exact) mass is 402 g/mol. The predicted octanol–water partition coefficient (Wildman–Crippen LogP) is 1.50. The number of methoxy groups -OCH3 is 1. The minimum atomic E-state index is -0.836. The highest BCUT2D eigenvalue weighted by Crippen LogP contribution is 2.10. The maximum absolute atomic E-state index is 12.3. The predicted molar refractivity (Wildman–Crippen MR) is 102 cm³/mol. The van der Waals surface area contributed by atoms with Crippen molar-refractivity contribution < 1.29 is 23.9 Å². The van der Waals surface area contributed by atoms with Crippen LogP contribution in [0.5, 0.6) is 0 Å². The molecule has 0 saturated heterocycles. The van der Waals surface area contributed by atoms with Gasteiger partial charge in [-0.3, -0.25) is 9.59 Å². The average Bonchev–Trinajstić information content (AvgIpc) is 2.63. The smallest absolute Gasteiger partial charge is 0.329 e. The summed E-state index contributed by atoms with van der Waals surface area (Å²) in [4.78, 5) is 36.1. The van der Waals surface area contributed by atoms with Crippen molar-refractivity contribution in [2.24, 2.45) is 0 Å². The number of hydrogen-bond acceptors (Lipinski definition) is 6. The number of carbonyl (C=O) groups is 3. The third-order valence-corrected chi connectivity index (χ3v) is 4.18. The van der Waals surface area contributed by atoms with Crippen LogP contribution in [0.2, 0.25) is 5.02 Å². The van der Waals surface area contributed by atoms with Crippen LogP contribution in [0.1, 0.15) is 16.8 Å². The summed E-state index contributed by atoms with van der Waals surface area (Å²) in [6.45, 7) is 0.290. The molecule has 7 nitrogen and oxygen atoms in total. The molecule has 0 aliphatic carbocycles. The average molecular weight is 403 g/mol. The van der Waals surface area contributed by atoms with Gasteiger partial charge in [-0.1, -0.05) is 11.6 Å². The van der Waals surface area contributed by atoms with Gasteiger partial charge in [0.25, 0.3) is 11.8 Å². The number of nitrogens with one attached hydrogen (secondary N) is 2. The fraction of sp³-hybridized carbons (Fsp3) is 0.471. The molecule has 1 aromatic rings. The molecule has 0 aromatic heterocycles. The molecule has 2 amide bonds. The second-order valence-corrected chi connectivity index (χ2v) is 6.69. The quantitative estimate of drug-likeness (QED) is 0.430. The molecule has 1 atom stereocenters. The first-order valence-corrected chi connectivity index (χ1v) is 9.72. The molecule has 0 fully saturated rings. The standard InChI is InChI=1S/C17H23ClN2O5S/c1-24-9-8-19-15(21)11-25-17(23)14(7-10-26-2)20-16(22)12-3-5-13(18)6-4-12/h3-6,14H,7-11H2,1-2H3,(H,19,21)(H,20,22)/t14-/m1/s1. The Morgan fingerprint density at radius 1 is 1.23 bits per heavy atom. The van der Waals surface area contributed by atoms with E-state index in [1.807, 2.05) is 6.26 Å². The lowest BCUT2D eigenvalue weighted by atomic mass is 10.1. The van der Waals surface area contributed by atoms with Gasteiger partial charge in [-0.25, -0.2) is 4.79 Å². The molecule has 0 heterocycles. The number of amides is 2. The molecule has 0 aliphatic heterocycles. The van der Waals surface area contributed by atoms with E-state index in [0.29, 0.717) is 35.9 Å². The van der Waals surface area contributed by atoms with Crippen LogP contribution in [0.15, 0.2) is 24.3 Å². The molecule has 26 heavy (non-hydrogen) atoms. The number of hydrogen-bond donors (Lipinski definition) is 2. The van der Waals surface area contributed by atoms with E-state index in [2.05, 4.69) is 10.6 Å². The van der Waals surface area contributed by atoms with Crippen molar-refractivity contribution in [1.82, 2.24) is 10.6 Å². The zero-order chi connectivity index (χ0) is 19.4. The van der Waals surface area contributed by atoms with Crippen molar-refractivity contribution >= 4 is 41.1 Å². The number of carbonyl (C=O) groups excluding carboxylic acids is 3. The third-order valence-electron chi connectivity index (χ3n) is 3.28. The molecule has 0 aliphatic rings. The second-order valence-electron chi connectivity index (χ2n) is 5.26. The summed E-state index contributed by atoms with van der Waals surface area (Å²) in [5, 5.41) is 5.70. The highest BCUT2D eigenvalue weighted by Gasteiger charge is 2.23. The molecule has 2 N–H and O–H groups in total. The zero-order valence-corrected chi connectivity index (χ0v) is 16.3. The lowest BCUT2D eigenvalue weighted by molar-refractivity contribution is -0.150. The van der Waals surface area contributed by atoms with Crippen LogP contribution in [0.4, 0.5) is 0 Å². The lowest BCUT2D eigenvalue weighted by Crippen LogP contribution is -2.43. The van der Waals surface area contributed by atoms with Crippen molar-refractivity contribution in [3.8, 4) is 0 Å². The molecule has 0 unspecified atom stereocenters. The van der Waals surface area contributed by atoms with E-state index in [1.54, 1.807) is 36.0 Å². The number of halogens is 1. The number of rotatable bonds is 11. The fourth-order valence-electron chi connectivity index (χ4n) is 1.91. The summed E-state index contributed by atoms with van der Waals surface area (Å²) in [6, 6.07) is 5.49. The molecule has 144 valence electrons. The molecular formula is C17H23ClN2O5S. The second kappa shape index (κ2) is 12.6. The van der Waals surface area contributed by atoms with Crippen molar-refractivity contribution in [2.45, 2.75) is 12.5 Å². The Bertz CT molecular complexity index is 597. The van der Waals surface area contributed by atoms with Crippen LogP contribution in [0, 0.1) is 0 Å². The first-order chi connectivity index (χ1) is 12.5. The Morgan fingerprint density at radius 2 is 1.92 bits per heavy atom. The first kappa shape index (κ1) is 22.3. The van der Waals surface area contributed by atoms with Gasteiger partial charge in [0.05, 0.1) is 6.61 Å². The van der Waals surface area contributed by atoms with Crippen LogP contribution in [-0.4, -0.2) is 62.7 Å².